The van der Waals surface area contributed by atoms with Gasteiger partial charge in [-0.3, -0.25) is 4.79 Å². The SMILES string of the molecule is O=c1c(Oc2ccc(-c3ccc(F)cc3)cc2)c(N2CC(CBr)N=N2)cnn1-c1ccc(Cl)cc1. The van der Waals surface area contributed by atoms with E-state index < -0.39 is 5.56 Å². The lowest BCUT2D eigenvalue weighted by Gasteiger charge is -2.18. The zero-order valence-corrected chi connectivity index (χ0v) is 20.5. The van der Waals surface area contributed by atoms with Crippen molar-refractivity contribution in [1.29, 1.82) is 0 Å². The molecule has 0 fully saturated rings. The van der Waals surface area contributed by atoms with Crippen molar-refractivity contribution in [3.63, 3.8) is 0 Å². The molecule has 0 amide bonds. The number of aromatic nitrogens is 2. The summed E-state index contributed by atoms with van der Waals surface area (Å²) in [4.78, 5) is 13.5. The zero-order chi connectivity index (χ0) is 24.4. The molecule has 0 radical (unpaired) electrons. The molecule has 5 rings (SSSR count). The van der Waals surface area contributed by atoms with Gasteiger partial charge in [-0.1, -0.05) is 57.0 Å². The first kappa shape index (κ1) is 23.2. The van der Waals surface area contributed by atoms with Gasteiger partial charge in [0.15, 0.2) is 0 Å². The van der Waals surface area contributed by atoms with Crippen LogP contribution in [0.4, 0.5) is 10.1 Å². The van der Waals surface area contributed by atoms with Crippen LogP contribution in [0.2, 0.25) is 5.02 Å². The molecule has 10 heteroatoms. The molecule has 2 heterocycles. The van der Waals surface area contributed by atoms with E-state index in [0.717, 1.165) is 11.1 Å². The van der Waals surface area contributed by atoms with E-state index in [1.165, 1.54) is 23.0 Å². The molecule has 1 aromatic heterocycles. The highest BCUT2D eigenvalue weighted by molar-refractivity contribution is 9.09. The van der Waals surface area contributed by atoms with Gasteiger partial charge in [-0.05, 0) is 59.7 Å². The first-order valence-corrected chi connectivity index (χ1v) is 12.2. The topological polar surface area (TPSA) is 72.1 Å². The lowest BCUT2D eigenvalue weighted by Crippen LogP contribution is -2.27. The maximum atomic E-state index is 13.5. The predicted octanol–water partition coefficient (Wildman–Crippen LogP) is 6.44. The number of halogens is 3. The summed E-state index contributed by atoms with van der Waals surface area (Å²) in [7, 11) is 0. The van der Waals surface area contributed by atoms with Gasteiger partial charge in [0.1, 0.15) is 23.3 Å². The summed E-state index contributed by atoms with van der Waals surface area (Å²) < 4.78 is 20.6. The number of alkyl halides is 1. The minimum absolute atomic E-state index is 0.0449. The number of ether oxygens (including phenoxy) is 1. The molecule has 176 valence electrons. The van der Waals surface area contributed by atoms with Crippen LogP contribution in [0.5, 0.6) is 11.5 Å². The van der Waals surface area contributed by atoms with Crippen molar-refractivity contribution in [2.75, 3.05) is 16.9 Å². The van der Waals surface area contributed by atoms with E-state index in [2.05, 4.69) is 31.4 Å². The van der Waals surface area contributed by atoms with E-state index in [4.69, 9.17) is 16.3 Å². The number of hydrogen-bond acceptors (Lipinski definition) is 6. The third-order valence-corrected chi connectivity index (χ3v) is 6.40. The Balaban J connectivity index is 1.52. The Kier molecular flexibility index (Phi) is 6.61. The Hall–Kier alpha value is -3.56. The fourth-order valence-electron chi connectivity index (χ4n) is 3.59. The van der Waals surface area contributed by atoms with E-state index in [-0.39, 0.29) is 17.6 Å². The normalized spacial score (nSPS) is 14.9. The van der Waals surface area contributed by atoms with E-state index in [9.17, 15) is 9.18 Å². The van der Waals surface area contributed by atoms with Crippen molar-refractivity contribution in [2.45, 2.75) is 6.04 Å². The van der Waals surface area contributed by atoms with Gasteiger partial charge in [0.2, 0.25) is 5.75 Å². The Morgan fingerprint density at radius 1 is 1.00 bits per heavy atom. The van der Waals surface area contributed by atoms with Crippen LogP contribution in [0.25, 0.3) is 16.8 Å². The molecule has 0 saturated heterocycles. The second-order valence-corrected chi connectivity index (χ2v) is 8.86. The van der Waals surface area contributed by atoms with Crippen molar-refractivity contribution in [2.24, 2.45) is 10.3 Å². The summed E-state index contributed by atoms with van der Waals surface area (Å²) in [5.74, 6) is 0.229. The third-order valence-electron chi connectivity index (χ3n) is 5.40. The van der Waals surface area contributed by atoms with E-state index >= 15 is 0 Å². The highest BCUT2D eigenvalue weighted by atomic mass is 79.9. The summed E-state index contributed by atoms with van der Waals surface area (Å²) in [6.45, 7) is 0.483. The summed E-state index contributed by atoms with van der Waals surface area (Å²) in [5.41, 5.74) is 2.26. The molecule has 0 saturated carbocycles. The van der Waals surface area contributed by atoms with Gasteiger partial charge in [0.25, 0.3) is 0 Å². The van der Waals surface area contributed by atoms with Crippen molar-refractivity contribution in [3.8, 4) is 28.3 Å². The van der Waals surface area contributed by atoms with Crippen molar-refractivity contribution < 1.29 is 9.13 Å². The predicted molar refractivity (Wildman–Crippen MR) is 137 cm³/mol. The highest BCUT2D eigenvalue weighted by Crippen LogP contribution is 2.32. The number of anilines is 1. The molecule has 0 N–H and O–H groups in total. The van der Waals surface area contributed by atoms with Crippen LogP contribution < -0.4 is 15.3 Å². The second-order valence-electron chi connectivity index (χ2n) is 7.78. The molecule has 1 aliphatic heterocycles. The number of nitrogens with zero attached hydrogens (tertiary/aromatic N) is 5. The smallest absolute Gasteiger partial charge is 0.316 e. The van der Waals surface area contributed by atoms with Crippen molar-refractivity contribution in [1.82, 2.24) is 9.78 Å². The van der Waals surface area contributed by atoms with Gasteiger partial charge in [-0.15, -0.1) is 0 Å². The molecule has 0 aliphatic carbocycles. The van der Waals surface area contributed by atoms with Gasteiger partial charge in [-0.2, -0.15) is 14.9 Å². The average Bonchev–Trinajstić information content (AvgIpc) is 3.36. The monoisotopic (exact) mass is 553 g/mol. The van der Waals surface area contributed by atoms with Gasteiger partial charge < -0.3 is 4.74 Å². The molecule has 35 heavy (non-hydrogen) atoms. The molecule has 1 atom stereocenters. The summed E-state index contributed by atoms with van der Waals surface area (Å²) >= 11 is 9.41. The maximum Gasteiger partial charge on any atom is 0.316 e. The van der Waals surface area contributed by atoms with Crippen molar-refractivity contribution in [3.05, 3.63) is 100 Å². The van der Waals surface area contributed by atoms with Gasteiger partial charge >= 0.3 is 5.56 Å². The molecule has 3 aromatic carbocycles. The van der Waals surface area contributed by atoms with Crippen LogP contribution in [-0.2, 0) is 0 Å². The summed E-state index contributed by atoms with van der Waals surface area (Å²) in [6.07, 6.45) is 1.54. The van der Waals surface area contributed by atoms with Crippen LogP contribution in [-0.4, -0.2) is 27.7 Å². The number of hydrogen-bond donors (Lipinski definition) is 0. The van der Waals surface area contributed by atoms with E-state index in [1.807, 2.05) is 12.1 Å². The fraction of sp³-hybridized carbons (Fsp3) is 0.120. The van der Waals surface area contributed by atoms with Crippen LogP contribution in [0, 0.1) is 5.82 Å². The molecule has 4 aromatic rings. The van der Waals surface area contributed by atoms with Gasteiger partial charge in [0, 0.05) is 10.4 Å². The first-order valence-electron chi connectivity index (χ1n) is 10.7. The third kappa shape index (κ3) is 4.96. The number of rotatable bonds is 6. The van der Waals surface area contributed by atoms with Gasteiger partial charge in [-0.25, -0.2) is 9.40 Å². The van der Waals surface area contributed by atoms with Crippen LogP contribution in [0.1, 0.15) is 0 Å². The van der Waals surface area contributed by atoms with E-state index in [0.29, 0.717) is 34.0 Å². The number of benzene rings is 3. The molecule has 1 aliphatic rings. The maximum absolute atomic E-state index is 13.5. The lowest BCUT2D eigenvalue weighted by atomic mass is 10.1. The minimum atomic E-state index is -0.454. The molecule has 7 nitrogen and oxygen atoms in total. The Bertz CT molecular complexity index is 1430. The Morgan fingerprint density at radius 2 is 1.66 bits per heavy atom. The quantitative estimate of drug-likeness (QED) is 0.257. The zero-order valence-electron chi connectivity index (χ0n) is 18.2. The molecular weight excluding hydrogens is 537 g/mol. The van der Waals surface area contributed by atoms with Crippen LogP contribution >= 0.6 is 27.5 Å². The molecular formula is C25H18BrClFN5O2. The Morgan fingerprint density at radius 3 is 2.29 bits per heavy atom. The average molecular weight is 555 g/mol. The minimum Gasteiger partial charge on any atom is -0.449 e. The van der Waals surface area contributed by atoms with E-state index in [1.54, 1.807) is 53.5 Å². The fourth-order valence-corrected chi connectivity index (χ4v) is 4.05. The lowest BCUT2D eigenvalue weighted by molar-refractivity contribution is 0.467. The standard InChI is InChI=1S/C25H18BrClFN5O2/c26-13-20-15-32(31-30-20)23-14-29-33(21-9-5-18(27)6-10-21)25(34)24(23)35-22-11-3-17(4-12-22)16-1-7-19(28)8-2-16/h1-12,14,20H,13,15H2. The molecule has 1 unspecified atom stereocenters. The largest absolute Gasteiger partial charge is 0.449 e. The second kappa shape index (κ2) is 9.97. The van der Waals surface area contributed by atoms with Crippen molar-refractivity contribution >= 4 is 33.2 Å². The summed E-state index contributed by atoms with van der Waals surface area (Å²) in [6, 6.07) is 20.1. The summed E-state index contributed by atoms with van der Waals surface area (Å²) in [5, 5.41) is 15.5. The first-order chi connectivity index (χ1) is 17.0. The molecule has 0 spiro atoms. The highest BCUT2D eigenvalue weighted by Gasteiger charge is 2.26. The Labute approximate surface area is 213 Å². The van der Waals surface area contributed by atoms with Gasteiger partial charge in [0.05, 0.1) is 18.4 Å². The van der Waals surface area contributed by atoms with Crippen LogP contribution in [0.15, 0.2) is 94.1 Å². The molecule has 0 bridgehead atoms. The van der Waals surface area contributed by atoms with Crippen LogP contribution in [0.3, 0.4) is 0 Å².